The van der Waals surface area contributed by atoms with Crippen molar-refractivity contribution in [2.24, 2.45) is 0 Å². The zero-order valence-corrected chi connectivity index (χ0v) is 10.9. The van der Waals surface area contributed by atoms with Crippen molar-refractivity contribution in [3.8, 4) is 5.75 Å². The van der Waals surface area contributed by atoms with Gasteiger partial charge in [0, 0.05) is 17.8 Å². The summed E-state index contributed by atoms with van der Waals surface area (Å²) in [6.07, 6.45) is 0. The number of phenolic OH excluding ortho intramolecular Hbond substituents is 1. The first-order chi connectivity index (χ1) is 9.20. The van der Waals surface area contributed by atoms with Crippen molar-refractivity contribution in [1.29, 1.82) is 0 Å². The van der Waals surface area contributed by atoms with Crippen molar-refractivity contribution in [2.45, 2.75) is 6.92 Å². The van der Waals surface area contributed by atoms with E-state index >= 15 is 0 Å². The number of rotatable bonds is 5. The standard InChI is InChI=1S/C16H17NO2/c1-2-17(14-6-4-3-5-7-14)12-16(19)13-8-10-15(18)11-9-13/h3-11,18H,2,12H2,1H3. The van der Waals surface area contributed by atoms with Crippen molar-refractivity contribution < 1.29 is 9.90 Å². The minimum atomic E-state index is 0.0469. The average molecular weight is 255 g/mol. The normalized spacial score (nSPS) is 10.2. The van der Waals surface area contributed by atoms with Gasteiger partial charge in [-0.25, -0.2) is 0 Å². The number of ketones is 1. The van der Waals surface area contributed by atoms with Crippen LogP contribution in [0, 0.1) is 0 Å². The molecule has 0 aliphatic carbocycles. The van der Waals surface area contributed by atoms with E-state index < -0.39 is 0 Å². The third kappa shape index (κ3) is 3.35. The summed E-state index contributed by atoms with van der Waals surface area (Å²) >= 11 is 0. The van der Waals surface area contributed by atoms with Crippen LogP contribution in [0.4, 0.5) is 5.69 Å². The molecule has 2 aromatic rings. The highest BCUT2D eigenvalue weighted by atomic mass is 16.3. The van der Waals surface area contributed by atoms with E-state index in [-0.39, 0.29) is 11.5 Å². The zero-order chi connectivity index (χ0) is 13.7. The molecule has 0 unspecified atom stereocenters. The Kier molecular flexibility index (Phi) is 4.18. The molecule has 19 heavy (non-hydrogen) atoms. The Hall–Kier alpha value is -2.29. The van der Waals surface area contributed by atoms with Gasteiger partial charge < -0.3 is 10.0 Å². The second-order valence-electron chi connectivity index (χ2n) is 4.32. The Labute approximate surface area is 113 Å². The lowest BCUT2D eigenvalue weighted by Crippen LogP contribution is -2.29. The van der Waals surface area contributed by atoms with E-state index in [0.717, 1.165) is 12.2 Å². The average Bonchev–Trinajstić information content (AvgIpc) is 2.46. The van der Waals surface area contributed by atoms with Gasteiger partial charge in [0.1, 0.15) is 5.75 Å². The van der Waals surface area contributed by atoms with Crippen LogP contribution >= 0.6 is 0 Å². The molecule has 3 heteroatoms. The first-order valence-corrected chi connectivity index (χ1v) is 6.33. The Morgan fingerprint density at radius 3 is 2.26 bits per heavy atom. The minimum Gasteiger partial charge on any atom is -0.508 e. The van der Waals surface area contributed by atoms with E-state index in [1.165, 1.54) is 12.1 Å². The summed E-state index contributed by atoms with van der Waals surface area (Å²) < 4.78 is 0. The smallest absolute Gasteiger partial charge is 0.182 e. The van der Waals surface area contributed by atoms with Crippen molar-refractivity contribution in [1.82, 2.24) is 0 Å². The lowest BCUT2D eigenvalue weighted by atomic mass is 10.1. The van der Waals surface area contributed by atoms with Gasteiger partial charge >= 0.3 is 0 Å². The number of hydrogen-bond acceptors (Lipinski definition) is 3. The second kappa shape index (κ2) is 6.05. The molecule has 0 atom stereocenters. The summed E-state index contributed by atoms with van der Waals surface area (Å²) in [7, 11) is 0. The van der Waals surface area contributed by atoms with Crippen molar-refractivity contribution in [2.75, 3.05) is 18.0 Å². The first-order valence-electron chi connectivity index (χ1n) is 6.33. The molecule has 0 amide bonds. The number of nitrogens with zero attached hydrogens (tertiary/aromatic N) is 1. The van der Waals surface area contributed by atoms with Gasteiger partial charge in [0.15, 0.2) is 5.78 Å². The molecule has 2 aromatic carbocycles. The maximum absolute atomic E-state index is 12.2. The number of para-hydroxylation sites is 1. The number of Topliss-reactive ketones (excluding diaryl/α,β-unsaturated/α-hetero) is 1. The minimum absolute atomic E-state index is 0.0469. The number of hydrogen-bond donors (Lipinski definition) is 1. The summed E-state index contributed by atoms with van der Waals surface area (Å²) in [4.78, 5) is 14.2. The Bertz CT molecular complexity index is 534. The highest BCUT2D eigenvalue weighted by molar-refractivity contribution is 5.99. The molecule has 0 saturated carbocycles. The fourth-order valence-electron chi connectivity index (χ4n) is 1.94. The van der Waals surface area contributed by atoms with E-state index in [0.29, 0.717) is 12.1 Å². The van der Waals surface area contributed by atoms with Crippen LogP contribution in [-0.2, 0) is 0 Å². The van der Waals surface area contributed by atoms with Crippen LogP contribution in [0.25, 0.3) is 0 Å². The molecule has 98 valence electrons. The maximum Gasteiger partial charge on any atom is 0.182 e. The third-order valence-electron chi connectivity index (χ3n) is 3.03. The van der Waals surface area contributed by atoms with Gasteiger partial charge in [-0.3, -0.25) is 4.79 Å². The van der Waals surface area contributed by atoms with Crippen LogP contribution in [0.15, 0.2) is 54.6 Å². The third-order valence-corrected chi connectivity index (χ3v) is 3.03. The van der Waals surface area contributed by atoms with Crippen LogP contribution in [0.3, 0.4) is 0 Å². The molecule has 0 aliphatic heterocycles. The van der Waals surface area contributed by atoms with E-state index in [1.807, 2.05) is 42.2 Å². The van der Waals surface area contributed by atoms with Gasteiger partial charge in [0.25, 0.3) is 0 Å². The van der Waals surface area contributed by atoms with E-state index in [1.54, 1.807) is 12.1 Å². The number of phenols is 1. The molecule has 0 bridgehead atoms. The summed E-state index contributed by atoms with van der Waals surface area (Å²) in [6.45, 7) is 3.14. The molecule has 0 aromatic heterocycles. The quantitative estimate of drug-likeness (QED) is 0.835. The SMILES string of the molecule is CCN(CC(=O)c1ccc(O)cc1)c1ccccc1. The molecule has 0 heterocycles. The largest absolute Gasteiger partial charge is 0.508 e. The molecule has 0 aliphatic rings. The summed E-state index contributed by atoms with van der Waals surface area (Å²) in [6, 6.07) is 16.2. The second-order valence-corrected chi connectivity index (χ2v) is 4.32. The summed E-state index contributed by atoms with van der Waals surface area (Å²) in [5.41, 5.74) is 1.66. The van der Waals surface area contributed by atoms with E-state index in [9.17, 15) is 9.90 Å². The maximum atomic E-state index is 12.2. The summed E-state index contributed by atoms with van der Waals surface area (Å²) in [5, 5.41) is 9.22. The highest BCUT2D eigenvalue weighted by Crippen LogP contribution is 2.15. The predicted molar refractivity (Wildman–Crippen MR) is 76.8 cm³/mol. The predicted octanol–water partition coefficient (Wildman–Crippen LogP) is 3.10. The monoisotopic (exact) mass is 255 g/mol. The fraction of sp³-hybridized carbons (Fsp3) is 0.188. The van der Waals surface area contributed by atoms with Crippen LogP contribution in [0.5, 0.6) is 5.75 Å². The molecular formula is C16H17NO2. The van der Waals surface area contributed by atoms with Crippen LogP contribution < -0.4 is 4.90 Å². The van der Waals surface area contributed by atoms with Gasteiger partial charge in [0.05, 0.1) is 6.54 Å². The Morgan fingerprint density at radius 2 is 1.68 bits per heavy atom. The number of aromatic hydroxyl groups is 1. The van der Waals surface area contributed by atoms with Gasteiger partial charge in [-0.05, 0) is 43.3 Å². The van der Waals surface area contributed by atoms with Gasteiger partial charge in [0.2, 0.25) is 0 Å². The number of carbonyl (C=O) groups excluding carboxylic acids is 1. The number of carbonyl (C=O) groups is 1. The van der Waals surface area contributed by atoms with Gasteiger partial charge in [-0.15, -0.1) is 0 Å². The van der Waals surface area contributed by atoms with Crippen LogP contribution in [0.1, 0.15) is 17.3 Å². The topological polar surface area (TPSA) is 40.5 Å². The molecule has 0 spiro atoms. The van der Waals surface area contributed by atoms with Crippen LogP contribution in [-0.4, -0.2) is 24.0 Å². The zero-order valence-electron chi connectivity index (χ0n) is 10.9. The van der Waals surface area contributed by atoms with E-state index in [2.05, 4.69) is 0 Å². The first kappa shape index (κ1) is 13.1. The molecular weight excluding hydrogens is 238 g/mol. The molecule has 0 radical (unpaired) electrons. The molecule has 1 N–H and O–H groups in total. The lowest BCUT2D eigenvalue weighted by Gasteiger charge is -2.22. The van der Waals surface area contributed by atoms with E-state index in [4.69, 9.17) is 0 Å². The molecule has 2 rings (SSSR count). The highest BCUT2D eigenvalue weighted by Gasteiger charge is 2.11. The van der Waals surface area contributed by atoms with Gasteiger partial charge in [-0.2, -0.15) is 0 Å². The lowest BCUT2D eigenvalue weighted by molar-refractivity contribution is 0.0999. The number of anilines is 1. The van der Waals surface area contributed by atoms with Crippen molar-refractivity contribution >= 4 is 11.5 Å². The number of likely N-dealkylation sites (N-methyl/N-ethyl adjacent to an activating group) is 1. The van der Waals surface area contributed by atoms with Crippen LogP contribution in [0.2, 0.25) is 0 Å². The molecule has 0 fully saturated rings. The Morgan fingerprint density at radius 1 is 1.05 bits per heavy atom. The molecule has 3 nitrogen and oxygen atoms in total. The summed E-state index contributed by atoms with van der Waals surface area (Å²) in [5.74, 6) is 0.220. The Balaban J connectivity index is 2.10. The number of benzene rings is 2. The van der Waals surface area contributed by atoms with Gasteiger partial charge in [-0.1, -0.05) is 18.2 Å². The van der Waals surface area contributed by atoms with Crippen molar-refractivity contribution in [3.63, 3.8) is 0 Å². The molecule has 0 saturated heterocycles. The fourth-order valence-corrected chi connectivity index (χ4v) is 1.94. The van der Waals surface area contributed by atoms with Crippen molar-refractivity contribution in [3.05, 3.63) is 60.2 Å².